The molecule has 0 aliphatic rings. The number of nitrogens with zero attached hydrogens (tertiary/aromatic N) is 3. The van der Waals surface area contributed by atoms with Crippen molar-refractivity contribution in [3.63, 3.8) is 0 Å². The molecule has 42 heavy (non-hydrogen) atoms. The SMILES string of the molecule is CCN(CC)CCCC(C)N(C(=O)OCCCCCC(=O)NC(P(=O)(O)O)P(=O)(O)O)c1ccnc2cc(Cl)ccc12. The highest BCUT2D eigenvalue weighted by Gasteiger charge is 2.44. The molecule has 0 aliphatic carbocycles. The number of anilines is 1. The predicted molar refractivity (Wildman–Crippen MR) is 162 cm³/mol. The number of aromatic nitrogens is 1. The fourth-order valence-electron chi connectivity index (χ4n) is 4.48. The number of carbonyl (C=O) groups is 2. The second-order valence-electron chi connectivity index (χ2n) is 9.92. The van der Waals surface area contributed by atoms with Gasteiger partial charge in [-0.05, 0) is 82.9 Å². The highest BCUT2D eigenvalue weighted by atomic mass is 35.5. The Labute approximate surface area is 250 Å². The molecule has 236 valence electrons. The van der Waals surface area contributed by atoms with Gasteiger partial charge in [-0.1, -0.05) is 25.4 Å². The number of fused-ring (bicyclic) bond motifs is 1. The average Bonchev–Trinajstić information content (AvgIpc) is 2.90. The molecule has 1 aromatic carbocycles. The number of halogens is 1. The summed E-state index contributed by atoms with van der Waals surface area (Å²) in [6.07, 6.45) is 3.56. The lowest BCUT2D eigenvalue weighted by Crippen LogP contribution is -2.40. The zero-order chi connectivity index (χ0) is 31.5. The number of rotatable bonds is 17. The largest absolute Gasteiger partial charge is 0.449 e. The van der Waals surface area contributed by atoms with Crippen molar-refractivity contribution in [3.8, 4) is 0 Å². The van der Waals surface area contributed by atoms with Gasteiger partial charge in [0, 0.05) is 29.1 Å². The second-order valence-corrected chi connectivity index (χ2v) is 14.2. The second kappa shape index (κ2) is 16.7. The monoisotopic (exact) mass is 650 g/mol. The first-order valence-electron chi connectivity index (χ1n) is 13.8. The van der Waals surface area contributed by atoms with E-state index in [1.54, 1.807) is 34.6 Å². The lowest BCUT2D eigenvalue weighted by Gasteiger charge is -2.30. The minimum absolute atomic E-state index is 0.0611. The average molecular weight is 651 g/mol. The maximum atomic E-state index is 13.4. The molecule has 2 amide bonds. The summed E-state index contributed by atoms with van der Waals surface area (Å²) in [5, 5.41) is 3.01. The highest BCUT2D eigenvalue weighted by Crippen LogP contribution is 2.58. The van der Waals surface area contributed by atoms with Gasteiger partial charge in [-0.25, -0.2) is 4.79 Å². The van der Waals surface area contributed by atoms with Gasteiger partial charge in [-0.15, -0.1) is 0 Å². The number of nitrogens with one attached hydrogen (secondary N) is 1. The van der Waals surface area contributed by atoms with Gasteiger partial charge in [-0.2, -0.15) is 0 Å². The van der Waals surface area contributed by atoms with E-state index >= 15 is 0 Å². The zero-order valence-electron chi connectivity index (χ0n) is 24.1. The van der Waals surface area contributed by atoms with Gasteiger partial charge in [0.15, 0.2) is 0 Å². The van der Waals surface area contributed by atoms with Gasteiger partial charge in [-0.3, -0.25) is 23.8 Å². The Balaban J connectivity index is 2.00. The molecule has 0 radical (unpaired) electrons. The first-order valence-corrected chi connectivity index (χ1v) is 17.6. The van der Waals surface area contributed by atoms with E-state index < -0.39 is 32.7 Å². The molecule has 5 N–H and O–H groups in total. The third-order valence-electron chi connectivity index (χ3n) is 6.77. The summed E-state index contributed by atoms with van der Waals surface area (Å²) in [5.41, 5.74) is -1.29. The fraction of sp³-hybridized carbons (Fsp3) is 0.577. The first kappa shape index (κ1) is 36.1. The Bertz CT molecular complexity index is 1260. The van der Waals surface area contributed by atoms with Gasteiger partial charge >= 0.3 is 21.3 Å². The molecule has 16 heteroatoms. The number of carbonyl (C=O) groups excluding carboxylic acids is 2. The van der Waals surface area contributed by atoms with Crippen LogP contribution in [-0.4, -0.2) is 79.3 Å². The Morgan fingerprint density at radius 3 is 2.31 bits per heavy atom. The summed E-state index contributed by atoms with van der Waals surface area (Å²) in [5.74, 6) is -0.905. The molecule has 0 bridgehead atoms. The standard InChI is InChI=1S/C26H41ClN4O9P2/c1-4-30(5-2)16-9-10-19(3)31(23-14-15-28-22-18-20(27)12-13-21(22)23)26(33)40-17-8-6-7-11-24(32)29-25(41(34,35)36)42(37,38)39/h12-15,18-19,25H,4-11,16-17H2,1-3H3,(H,29,32)(H2,34,35,36)(H2,37,38,39). The summed E-state index contributed by atoms with van der Waals surface area (Å²) in [4.78, 5) is 70.2. The number of benzene rings is 1. The van der Waals surface area contributed by atoms with Crippen LogP contribution in [0.3, 0.4) is 0 Å². The minimum Gasteiger partial charge on any atom is -0.449 e. The Hall–Kier alpha value is -2.08. The molecule has 2 rings (SSSR count). The van der Waals surface area contributed by atoms with E-state index in [9.17, 15) is 18.7 Å². The lowest BCUT2D eigenvalue weighted by atomic mass is 10.1. The van der Waals surface area contributed by atoms with Crippen LogP contribution in [0.2, 0.25) is 5.02 Å². The van der Waals surface area contributed by atoms with Crippen molar-refractivity contribution < 1.29 is 43.0 Å². The number of ether oxygens (including phenoxy) is 1. The van der Waals surface area contributed by atoms with Crippen LogP contribution in [0, 0.1) is 0 Å². The van der Waals surface area contributed by atoms with E-state index in [1.807, 2.05) is 13.0 Å². The van der Waals surface area contributed by atoms with Crippen molar-refractivity contribution in [2.45, 2.75) is 70.9 Å². The highest BCUT2D eigenvalue weighted by molar-refractivity contribution is 7.70. The van der Waals surface area contributed by atoms with E-state index in [-0.39, 0.29) is 25.5 Å². The van der Waals surface area contributed by atoms with Crippen LogP contribution in [0.5, 0.6) is 0 Å². The van der Waals surface area contributed by atoms with Crippen LogP contribution in [0.4, 0.5) is 10.5 Å². The Morgan fingerprint density at radius 2 is 1.69 bits per heavy atom. The van der Waals surface area contributed by atoms with Gasteiger partial charge in [0.1, 0.15) is 0 Å². The van der Waals surface area contributed by atoms with Crippen LogP contribution in [0.1, 0.15) is 59.3 Å². The van der Waals surface area contributed by atoms with Crippen LogP contribution in [0.15, 0.2) is 30.5 Å². The third-order valence-corrected chi connectivity index (χ3v) is 10.3. The maximum Gasteiger partial charge on any atom is 0.414 e. The van der Waals surface area contributed by atoms with E-state index in [2.05, 4.69) is 23.7 Å². The smallest absolute Gasteiger partial charge is 0.414 e. The fourth-order valence-corrected chi connectivity index (χ4v) is 6.84. The zero-order valence-corrected chi connectivity index (χ0v) is 26.6. The number of pyridine rings is 1. The maximum absolute atomic E-state index is 13.4. The molecule has 2 aromatic rings. The number of unbranched alkanes of at least 4 members (excludes halogenated alkanes) is 2. The van der Waals surface area contributed by atoms with Crippen molar-refractivity contribution in [2.75, 3.05) is 31.1 Å². The van der Waals surface area contributed by atoms with Crippen LogP contribution < -0.4 is 10.2 Å². The lowest BCUT2D eigenvalue weighted by molar-refractivity contribution is -0.121. The van der Waals surface area contributed by atoms with Gasteiger partial charge < -0.3 is 34.5 Å². The van der Waals surface area contributed by atoms with Crippen LogP contribution >= 0.6 is 26.8 Å². The molecule has 0 saturated heterocycles. The first-order chi connectivity index (χ1) is 19.7. The molecule has 13 nitrogen and oxygen atoms in total. The molecule has 0 saturated carbocycles. The summed E-state index contributed by atoms with van der Waals surface area (Å²) in [6.45, 7) is 9.04. The van der Waals surface area contributed by atoms with Crippen molar-refractivity contribution in [1.82, 2.24) is 15.2 Å². The molecule has 0 aliphatic heterocycles. The summed E-state index contributed by atoms with van der Waals surface area (Å²) in [7, 11) is -10.5. The normalized spacial score (nSPS) is 13.0. The topological polar surface area (TPSA) is 190 Å². The van der Waals surface area contributed by atoms with Crippen molar-refractivity contribution in [1.29, 1.82) is 0 Å². The third kappa shape index (κ3) is 11.2. The van der Waals surface area contributed by atoms with Crippen LogP contribution in [-0.2, 0) is 18.7 Å². The number of hydrogen-bond donors (Lipinski definition) is 5. The molecule has 1 heterocycles. The van der Waals surface area contributed by atoms with Crippen LogP contribution in [0.25, 0.3) is 10.9 Å². The van der Waals surface area contributed by atoms with Gasteiger partial charge in [0.25, 0.3) is 0 Å². The predicted octanol–water partition coefficient (Wildman–Crippen LogP) is 4.66. The van der Waals surface area contributed by atoms with Crippen molar-refractivity contribution >= 4 is 55.4 Å². The molecular formula is C26H41ClN4O9P2. The summed E-state index contributed by atoms with van der Waals surface area (Å²) in [6, 6.07) is 6.86. The van der Waals surface area contributed by atoms with Crippen molar-refractivity contribution in [3.05, 3.63) is 35.5 Å². The molecule has 1 aromatic heterocycles. The number of hydrogen-bond acceptors (Lipinski definition) is 7. The molecular weight excluding hydrogens is 610 g/mol. The molecule has 0 fully saturated rings. The summed E-state index contributed by atoms with van der Waals surface area (Å²) >= 11 is 6.15. The minimum atomic E-state index is -5.26. The van der Waals surface area contributed by atoms with E-state index in [0.29, 0.717) is 29.1 Å². The number of amides is 2. The van der Waals surface area contributed by atoms with Crippen molar-refractivity contribution in [2.24, 2.45) is 0 Å². The van der Waals surface area contributed by atoms with Gasteiger partial charge in [0.05, 0.1) is 17.8 Å². The Kier molecular flexibility index (Phi) is 14.3. The van der Waals surface area contributed by atoms with Gasteiger partial charge in [0.2, 0.25) is 11.4 Å². The molecule has 1 unspecified atom stereocenters. The Morgan fingerprint density at radius 1 is 1.02 bits per heavy atom. The molecule has 0 spiro atoms. The summed E-state index contributed by atoms with van der Waals surface area (Å²) < 4.78 is 28.3. The van der Waals surface area contributed by atoms with E-state index in [1.165, 1.54) is 0 Å². The molecule has 1 atom stereocenters. The van der Waals surface area contributed by atoms with E-state index in [4.69, 9.17) is 35.9 Å². The quantitative estimate of drug-likeness (QED) is 0.118. The van der Waals surface area contributed by atoms with E-state index in [0.717, 1.165) is 37.9 Å².